The second kappa shape index (κ2) is 4.32. The number of nitrogens with zero attached hydrogens (tertiary/aromatic N) is 3. The summed E-state index contributed by atoms with van der Waals surface area (Å²) in [6.07, 6.45) is 4.33. The normalized spacial score (nSPS) is 19.0. The number of aryl methyl sites for hydroxylation is 1. The fourth-order valence-electron chi connectivity index (χ4n) is 3.27. The van der Waals surface area contributed by atoms with Crippen molar-refractivity contribution in [3.8, 4) is 0 Å². The van der Waals surface area contributed by atoms with Gasteiger partial charge in [0.05, 0.1) is 17.4 Å². The Morgan fingerprint density at radius 1 is 1.42 bits per heavy atom. The van der Waals surface area contributed by atoms with Crippen LogP contribution in [0.4, 0.5) is 0 Å². The molecule has 0 saturated heterocycles. The molecule has 4 heteroatoms. The Morgan fingerprint density at radius 3 is 2.74 bits per heavy atom. The maximum Gasteiger partial charge on any atom is 0.0955 e. The highest BCUT2D eigenvalue weighted by Gasteiger charge is 2.49. The predicted molar refractivity (Wildman–Crippen MR) is 77.9 cm³/mol. The highest BCUT2D eigenvalue weighted by molar-refractivity contribution is 5.76. The van der Waals surface area contributed by atoms with Crippen LogP contribution in [0.5, 0.6) is 0 Å². The molecule has 1 aliphatic carbocycles. The van der Waals surface area contributed by atoms with E-state index in [4.69, 9.17) is 5.73 Å². The van der Waals surface area contributed by atoms with Gasteiger partial charge in [-0.25, -0.2) is 4.98 Å². The van der Waals surface area contributed by atoms with Gasteiger partial charge in [-0.2, -0.15) is 0 Å². The zero-order chi connectivity index (χ0) is 13.6. The zero-order valence-electron chi connectivity index (χ0n) is 11.9. The average Bonchev–Trinajstić information content (AvgIpc) is 3.08. The van der Waals surface area contributed by atoms with Gasteiger partial charge in [0.25, 0.3) is 0 Å². The van der Waals surface area contributed by atoms with Gasteiger partial charge in [-0.05, 0) is 51.2 Å². The lowest BCUT2D eigenvalue weighted by Crippen LogP contribution is -2.33. The number of hydrogen-bond acceptors (Lipinski definition) is 3. The number of aromatic nitrogens is 2. The van der Waals surface area contributed by atoms with Crippen molar-refractivity contribution in [2.24, 2.45) is 18.2 Å². The van der Waals surface area contributed by atoms with E-state index in [1.165, 1.54) is 23.9 Å². The van der Waals surface area contributed by atoms with Gasteiger partial charge in [0.2, 0.25) is 0 Å². The second-order valence-corrected chi connectivity index (χ2v) is 6.04. The summed E-state index contributed by atoms with van der Waals surface area (Å²) < 4.78 is 2.06. The summed E-state index contributed by atoms with van der Waals surface area (Å²) in [6.45, 7) is 0.760. The molecule has 1 fully saturated rings. The average molecular weight is 258 g/mol. The fraction of sp³-hybridized carbons (Fsp3) is 0.533. The molecular formula is C15H22N4. The summed E-state index contributed by atoms with van der Waals surface area (Å²) in [5, 5.41) is 0. The van der Waals surface area contributed by atoms with E-state index in [2.05, 4.69) is 46.7 Å². The molecule has 102 valence electrons. The molecule has 0 radical (unpaired) electrons. The Balaban J connectivity index is 2.05. The molecule has 1 aliphatic rings. The molecule has 19 heavy (non-hydrogen) atoms. The monoisotopic (exact) mass is 258 g/mol. The largest absolute Gasteiger partial charge is 0.334 e. The standard InChI is InChI=1S/C15H22N4/c1-18(2)14(15(9-16)6-7-15)11-4-5-13-12(8-11)17-10-19(13)3/h4-5,8,10,14H,6-7,9,16H2,1-3H3. The van der Waals surface area contributed by atoms with E-state index in [0.29, 0.717) is 6.04 Å². The smallest absolute Gasteiger partial charge is 0.0955 e. The van der Waals surface area contributed by atoms with Crippen LogP contribution >= 0.6 is 0 Å². The molecular weight excluding hydrogens is 236 g/mol. The highest BCUT2D eigenvalue weighted by Crippen LogP contribution is 2.56. The molecule has 0 bridgehead atoms. The minimum atomic E-state index is 0.270. The van der Waals surface area contributed by atoms with Crippen molar-refractivity contribution in [2.75, 3.05) is 20.6 Å². The number of hydrogen-bond donors (Lipinski definition) is 1. The summed E-state index contributed by atoms with van der Waals surface area (Å²) in [5.74, 6) is 0. The van der Waals surface area contributed by atoms with Crippen molar-refractivity contribution in [2.45, 2.75) is 18.9 Å². The highest BCUT2D eigenvalue weighted by atomic mass is 15.1. The van der Waals surface area contributed by atoms with Gasteiger partial charge < -0.3 is 15.2 Å². The van der Waals surface area contributed by atoms with Gasteiger partial charge in [0, 0.05) is 18.5 Å². The first-order chi connectivity index (χ1) is 9.07. The van der Waals surface area contributed by atoms with E-state index in [1.807, 2.05) is 13.4 Å². The molecule has 0 spiro atoms. The molecule has 1 aromatic heterocycles. The van der Waals surface area contributed by atoms with Gasteiger partial charge in [0.15, 0.2) is 0 Å². The van der Waals surface area contributed by atoms with Crippen LogP contribution in [-0.2, 0) is 7.05 Å². The molecule has 1 saturated carbocycles. The lowest BCUT2D eigenvalue weighted by molar-refractivity contribution is 0.198. The van der Waals surface area contributed by atoms with Gasteiger partial charge in [-0.15, -0.1) is 0 Å². The third kappa shape index (κ3) is 1.95. The quantitative estimate of drug-likeness (QED) is 0.911. The van der Waals surface area contributed by atoms with Crippen LogP contribution in [0, 0.1) is 5.41 Å². The topological polar surface area (TPSA) is 47.1 Å². The molecule has 1 heterocycles. The van der Waals surface area contributed by atoms with Gasteiger partial charge >= 0.3 is 0 Å². The van der Waals surface area contributed by atoms with Crippen LogP contribution in [0.1, 0.15) is 24.4 Å². The maximum atomic E-state index is 6.02. The lowest BCUT2D eigenvalue weighted by atomic mass is 9.89. The van der Waals surface area contributed by atoms with Crippen LogP contribution in [0.25, 0.3) is 11.0 Å². The summed E-state index contributed by atoms with van der Waals surface area (Å²) in [4.78, 5) is 6.76. The van der Waals surface area contributed by atoms with Crippen molar-refractivity contribution in [3.63, 3.8) is 0 Å². The predicted octanol–water partition coefficient (Wildman–Crippen LogP) is 1.91. The van der Waals surface area contributed by atoms with E-state index in [0.717, 1.165) is 12.1 Å². The molecule has 0 aliphatic heterocycles. The Bertz CT molecular complexity index is 595. The molecule has 2 N–H and O–H groups in total. The van der Waals surface area contributed by atoms with Gasteiger partial charge in [-0.1, -0.05) is 6.07 Å². The first-order valence-electron chi connectivity index (χ1n) is 6.85. The summed E-state index contributed by atoms with van der Waals surface area (Å²) in [5.41, 5.74) is 9.87. The Morgan fingerprint density at radius 2 is 2.16 bits per heavy atom. The Labute approximate surface area is 114 Å². The molecule has 0 amide bonds. The van der Waals surface area contributed by atoms with Gasteiger partial charge in [-0.3, -0.25) is 0 Å². The van der Waals surface area contributed by atoms with Crippen molar-refractivity contribution in [1.82, 2.24) is 14.5 Å². The molecule has 2 aromatic rings. The fourth-order valence-corrected chi connectivity index (χ4v) is 3.27. The number of rotatable bonds is 4. The summed E-state index contributed by atoms with van der Waals surface area (Å²) >= 11 is 0. The molecule has 3 rings (SSSR count). The van der Waals surface area contributed by atoms with Crippen LogP contribution in [0.15, 0.2) is 24.5 Å². The van der Waals surface area contributed by atoms with Crippen molar-refractivity contribution in [3.05, 3.63) is 30.1 Å². The molecule has 1 unspecified atom stereocenters. The molecule has 1 atom stereocenters. The minimum Gasteiger partial charge on any atom is -0.334 e. The Hall–Kier alpha value is -1.39. The SMILES string of the molecule is CN(C)C(c1ccc2c(c1)ncn2C)C1(CN)CC1. The summed E-state index contributed by atoms with van der Waals surface area (Å²) in [7, 11) is 6.31. The van der Waals surface area contributed by atoms with E-state index in [9.17, 15) is 0 Å². The van der Waals surface area contributed by atoms with Crippen LogP contribution in [0.2, 0.25) is 0 Å². The van der Waals surface area contributed by atoms with E-state index >= 15 is 0 Å². The third-order valence-corrected chi connectivity index (χ3v) is 4.46. The molecule has 4 nitrogen and oxygen atoms in total. The maximum absolute atomic E-state index is 6.02. The minimum absolute atomic E-state index is 0.270. The van der Waals surface area contributed by atoms with E-state index < -0.39 is 0 Å². The van der Waals surface area contributed by atoms with Crippen molar-refractivity contribution >= 4 is 11.0 Å². The van der Waals surface area contributed by atoms with Crippen LogP contribution in [-0.4, -0.2) is 35.1 Å². The lowest BCUT2D eigenvalue weighted by Gasteiger charge is -2.32. The Kier molecular flexibility index (Phi) is 2.87. The van der Waals surface area contributed by atoms with E-state index in [-0.39, 0.29) is 5.41 Å². The van der Waals surface area contributed by atoms with E-state index in [1.54, 1.807) is 0 Å². The number of fused-ring (bicyclic) bond motifs is 1. The first-order valence-corrected chi connectivity index (χ1v) is 6.85. The van der Waals surface area contributed by atoms with Crippen molar-refractivity contribution < 1.29 is 0 Å². The second-order valence-electron chi connectivity index (χ2n) is 6.04. The van der Waals surface area contributed by atoms with Crippen LogP contribution in [0.3, 0.4) is 0 Å². The summed E-state index contributed by atoms with van der Waals surface area (Å²) in [6, 6.07) is 7.00. The zero-order valence-corrected chi connectivity index (χ0v) is 11.9. The number of benzene rings is 1. The number of imidazole rings is 1. The van der Waals surface area contributed by atoms with Gasteiger partial charge in [0.1, 0.15) is 0 Å². The number of nitrogens with two attached hydrogens (primary N) is 1. The van der Waals surface area contributed by atoms with Crippen LogP contribution < -0.4 is 5.73 Å². The molecule has 1 aromatic carbocycles. The van der Waals surface area contributed by atoms with Crippen molar-refractivity contribution in [1.29, 1.82) is 0 Å². The third-order valence-electron chi connectivity index (χ3n) is 4.46. The first kappa shape index (κ1) is 12.6.